The van der Waals surface area contributed by atoms with Gasteiger partial charge in [0.15, 0.2) is 0 Å². The van der Waals surface area contributed by atoms with E-state index in [4.69, 9.17) is 0 Å². The Hall–Kier alpha value is -0.970. The van der Waals surface area contributed by atoms with Crippen molar-refractivity contribution in [1.29, 1.82) is 0 Å². The summed E-state index contributed by atoms with van der Waals surface area (Å²) in [5, 5.41) is 2.41. The van der Waals surface area contributed by atoms with Crippen molar-refractivity contribution in [2.24, 2.45) is 0 Å². The first-order valence-electron chi connectivity index (χ1n) is 3.53. The van der Waals surface area contributed by atoms with Crippen molar-refractivity contribution in [1.82, 2.24) is 5.32 Å². The molecule has 0 saturated carbocycles. The summed E-state index contributed by atoms with van der Waals surface area (Å²) in [6.45, 7) is 2.09. The Morgan fingerprint density at radius 3 is 3.08 bits per heavy atom. The van der Waals surface area contributed by atoms with Gasteiger partial charge in [0.25, 0.3) is 5.24 Å². The van der Waals surface area contributed by atoms with Gasteiger partial charge in [0, 0.05) is 17.5 Å². The van der Waals surface area contributed by atoms with Crippen LogP contribution in [0.3, 0.4) is 0 Å². The summed E-state index contributed by atoms with van der Waals surface area (Å²) >= 11 is 1.14. The zero-order chi connectivity index (χ0) is 8.97. The largest absolute Gasteiger partial charge is 0.463 e. The van der Waals surface area contributed by atoms with Gasteiger partial charge in [-0.15, -0.1) is 0 Å². The summed E-state index contributed by atoms with van der Waals surface area (Å²) in [5.41, 5.74) is 0.614. The highest BCUT2D eigenvalue weighted by molar-refractivity contribution is 8.14. The second-order valence-electron chi connectivity index (χ2n) is 2.12. The van der Waals surface area contributed by atoms with Gasteiger partial charge in [0.1, 0.15) is 0 Å². The molecule has 1 N–H and O–H groups in total. The summed E-state index contributed by atoms with van der Waals surface area (Å²) in [6.07, 6.45) is 1.31. The van der Waals surface area contributed by atoms with Crippen molar-refractivity contribution >= 4 is 23.0 Å². The Kier molecular flexibility index (Phi) is 3.16. The van der Waals surface area contributed by atoms with Crippen LogP contribution in [-0.2, 0) is 9.53 Å². The third kappa shape index (κ3) is 2.58. The highest BCUT2D eigenvalue weighted by atomic mass is 32.2. The maximum Gasteiger partial charge on any atom is 0.332 e. The van der Waals surface area contributed by atoms with Crippen LogP contribution in [0.1, 0.15) is 6.92 Å². The van der Waals surface area contributed by atoms with E-state index in [-0.39, 0.29) is 5.24 Å². The number of carbonyl (C=O) groups is 2. The molecule has 0 aromatic rings. The fourth-order valence-corrected chi connectivity index (χ4v) is 1.40. The predicted molar refractivity (Wildman–Crippen MR) is 45.7 cm³/mol. The molecule has 12 heavy (non-hydrogen) atoms. The van der Waals surface area contributed by atoms with E-state index in [0.717, 1.165) is 11.8 Å². The Morgan fingerprint density at radius 2 is 2.58 bits per heavy atom. The number of rotatable bonds is 2. The van der Waals surface area contributed by atoms with E-state index in [2.05, 4.69) is 10.1 Å². The minimum Gasteiger partial charge on any atom is -0.463 e. The number of thioether (sulfide) groups is 1. The van der Waals surface area contributed by atoms with E-state index in [1.165, 1.54) is 6.08 Å². The van der Waals surface area contributed by atoms with E-state index in [9.17, 15) is 9.59 Å². The quantitative estimate of drug-likeness (QED) is 0.515. The summed E-state index contributed by atoms with van der Waals surface area (Å²) in [5.74, 6) is 0.118. The van der Waals surface area contributed by atoms with Crippen molar-refractivity contribution in [2.75, 3.05) is 12.4 Å². The van der Waals surface area contributed by atoms with Crippen molar-refractivity contribution in [3.8, 4) is 0 Å². The van der Waals surface area contributed by atoms with Gasteiger partial charge >= 0.3 is 5.97 Å². The van der Waals surface area contributed by atoms with Crippen LogP contribution in [0.15, 0.2) is 11.8 Å². The predicted octanol–water partition coefficient (Wildman–Crippen LogP) is 0.890. The first kappa shape index (κ1) is 9.12. The molecule has 1 heterocycles. The van der Waals surface area contributed by atoms with Gasteiger partial charge in [-0.3, -0.25) is 4.79 Å². The third-order valence-electron chi connectivity index (χ3n) is 1.20. The van der Waals surface area contributed by atoms with Crippen LogP contribution in [0.2, 0.25) is 0 Å². The number of esters is 1. The van der Waals surface area contributed by atoms with E-state index in [1.807, 2.05) is 0 Å². The van der Waals surface area contributed by atoms with Crippen molar-refractivity contribution in [3.05, 3.63) is 11.8 Å². The molecule has 0 unspecified atom stereocenters. The van der Waals surface area contributed by atoms with Crippen LogP contribution in [0.5, 0.6) is 0 Å². The van der Waals surface area contributed by atoms with E-state index >= 15 is 0 Å². The Morgan fingerprint density at radius 1 is 1.83 bits per heavy atom. The molecular formula is C7H9NO3S. The van der Waals surface area contributed by atoms with Gasteiger partial charge in [0.2, 0.25) is 0 Å². The van der Waals surface area contributed by atoms with E-state index in [0.29, 0.717) is 18.1 Å². The van der Waals surface area contributed by atoms with Crippen molar-refractivity contribution in [3.63, 3.8) is 0 Å². The molecule has 0 aliphatic carbocycles. The van der Waals surface area contributed by atoms with Gasteiger partial charge in [-0.05, 0) is 6.92 Å². The Bertz CT molecular complexity index is 237. The first-order chi connectivity index (χ1) is 5.72. The lowest BCUT2D eigenvalue weighted by molar-refractivity contribution is -0.137. The molecule has 1 aliphatic heterocycles. The molecule has 0 radical (unpaired) electrons. The van der Waals surface area contributed by atoms with Gasteiger partial charge in [-0.2, -0.15) is 0 Å². The zero-order valence-electron chi connectivity index (χ0n) is 6.62. The number of hydrogen-bond donors (Lipinski definition) is 1. The molecule has 0 atom stereocenters. The lowest BCUT2D eigenvalue weighted by Gasteiger charge is -1.96. The summed E-state index contributed by atoms with van der Waals surface area (Å²) in [6, 6.07) is 0. The first-order valence-corrected chi connectivity index (χ1v) is 4.52. The normalized spacial score (nSPS) is 19.4. The molecule has 1 fully saturated rings. The van der Waals surface area contributed by atoms with E-state index < -0.39 is 5.97 Å². The molecule has 0 spiro atoms. The Labute approximate surface area is 74.3 Å². The molecule has 1 rings (SSSR count). The lowest BCUT2D eigenvalue weighted by Crippen LogP contribution is -2.12. The van der Waals surface area contributed by atoms with Crippen molar-refractivity contribution < 1.29 is 14.3 Å². The number of nitrogens with one attached hydrogen (secondary N) is 1. The minimum atomic E-state index is -0.407. The van der Waals surface area contributed by atoms with Crippen LogP contribution in [0.25, 0.3) is 0 Å². The second-order valence-corrected chi connectivity index (χ2v) is 3.07. The van der Waals surface area contributed by atoms with Gasteiger partial charge in [0.05, 0.1) is 6.61 Å². The SMILES string of the molecule is CCOC(=O)/C=C1/CSC(=O)N1. The molecule has 1 amide bonds. The number of carbonyl (C=O) groups excluding carboxylic acids is 2. The maximum atomic E-state index is 10.8. The summed E-state index contributed by atoms with van der Waals surface area (Å²) in [4.78, 5) is 21.5. The molecule has 4 nitrogen and oxygen atoms in total. The minimum absolute atomic E-state index is 0.120. The molecule has 1 saturated heterocycles. The maximum absolute atomic E-state index is 10.8. The average molecular weight is 187 g/mol. The molecule has 5 heteroatoms. The number of hydrogen-bond acceptors (Lipinski definition) is 4. The topological polar surface area (TPSA) is 55.4 Å². The highest BCUT2D eigenvalue weighted by Crippen LogP contribution is 2.15. The summed E-state index contributed by atoms with van der Waals surface area (Å²) in [7, 11) is 0. The smallest absolute Gasteiger partial charge is 0.332 e. The van der Waals surface area contributed by atoms with Crippen molar-refractivity contribution in [2.45, 2.75) is 6.92 Å². The fourth-order valence-electron chi connectivity index (χ4n) is 0.750. The van der Waals surface area contributed by atoms with Crippen LogP contribution < -0.4 is 5.32 Å². The van der Waals surface area contributed by atoms with E-state index in [1.54, 1.807) is 6.92 Å². The molecular weight excluding hydrogens is 178 g/mol. The van der Waals surface area contributed by atoms with Crippen LogP contribution in [0.4, 0.5) is 4.79 Å². The average Bonchev–Trinajstić information content (AvgIpc) is 2.36. The number of ether oxygens (including phenoxy) is 1. The Balaban J connectivity index is 2.46. The van der Waals surface area contributed by atoms with Crippen LogP contribution >= 0.6 is 11.8 Å². The van der Waals surface area contributed by atoms with Crippen LogP contribution in [0, 0.1) is 0 Å². The molecule has 0 aromatic carbocycles. The molecule has 0 bridgehead atoms. The third-order valence-corrected chi connectivity index (χ3v) is 2.02. The lowest BCUT2D eigenvalue weighted by atomic mass is 10.4. The second kappa shape index (κ2) is 4.15. The molecule has 66 valence electrons. The zero-order valence-corrected chi connectivity index (χ0v) is 7.44. The fraction of sp³-hybridized carbons (Fsp3) is 0.429. The molecule has 1 aliphatic rings. The summed E-state index contributed by atoms with van der Waals surface area (Å²) < 4.78 is 4.66. The van der Waals surface area contributed by atoms with Gasteiger partial charge < -0.3 is 10.1 Å². The van der Waals surface area contributed by atoms with Gasteiger partial charge in [-0.25, -0.2) is 4.79 Å². The standard InChI is InChI=1S/C7H9NO3S/c1-2-11-6(9)3-5-4-12-7(10)8-5/h3H,2,4H2,1H3,(H,8,10)/b5-3-. The number of amides is 1. The van der Waals surface area contributed by atoms with Gasteiger partial charge in [-0.1, -0.05) is 11.8 Å². The molecule has 0 aromatic heterocycles. The highest BCUT2D eigenvalue weighted by Gasteiger charge is 2.15. The monoisotopic (exact) mass is 187 g/mol. The van der Waals surface area contributed by atoms with Crippen LogP contribution in [-0.4, -0.2) is 23.6 Å².